The van der Waals surface area contributed by atoms with Gasteiger partial charge in [0.05, 0.1) is 13.2 Å². The van der Waals surface area contributed by atoms with Gasteiger partial charge in [0.1, 0.15) is 24.1 Å². The van der Waals surface area contributed by atoms with Crippen LogP contribution in [0.1, 0.15) is 0 Å². The maximum Gasteiger partial charge on any atom is 0.331 e. The highest BCUT2D eigenvalue weighted by Gasteiger charge is 2.48. The molecule has 2 rings (SSSR count). The van der Waals surface area contributed by atoms with E-state index >= 15 is 0 Å². The van der Waals surface area contributed by atoms with Crippen LogP contribution in [0.25, 0.3) is 0 Å². The van der Waals surface area contributed by atoms with E-state index in [0.717, 1.165) is 12.2 Å². The summed E-state index contributed by atoms with van der Waals surface area (Å²) < 4.78 is 15.7. The number of carbonyl (C=O) groups is 1. The first-order chi connectivity index (χ1) is 8.08. The van der Waals surface area contributed by atoms with Gasteiger partial charge in [-0.25, -0.2) is 4.79 Å². The maximum atomic E-state index is 11.3. The SMILES string of the molecule is C=C(O)C=CC(=O)O[C@H]1CO[C@H]2[C@@H]1OC[C@H]2O. The fourth-order valence-corrected chi connectivity index (χ4v) is 1.90. The van der Waals surface area contributed by atoms with Crippen molar-refractivity contribution in [1.82, 2.24) is 0 Å². The van der Waals surface area contributed by atoms with Crippen LogP contribution in [0.2, 0.25) is 0 Å². The van der Waals surface area contributed by atoms with E-state index in [4.69, 9.17) is 19.3 Å². The predicted molar refractivity (Wildman–Crippen MR) is 56.3 cm³/mol. The van der Waals surface area contributed by atoms with Crippen molar-refractivity contribution in [3.63, 3.8) is 0 Å². The molecule has 0 radical (unpaired) electrons. The summed E-state index contributed by atoms with van der Waals surface area (Å²) in [6.45, 7) is 3.59. The molecule has 0 spiro atoms. The zero-order valence-corrected chi connectivity index (χ0v) is 9.11. The fraction of sp³-hybridized carbons (Fsp3) is 0.545. The molecule has 2 N–H and O–H groups in total. The van der Waals surface area contributed by atoms with Crippen LogP contribution in [0, 0.1) is 0 Å². The number of hydrogen-bond donors (Lipinski definition) is 2. The third-order valence-electron chi connectivity index (χ3n) is 2.66. The van der Waals surface area contributed by atoms with Crippen LogP contribution >= 0.6 is 0 Å². The summed E-state index contributed by atoms with van der Waals surface area (Å²) in [5.74, 6) is -0.838. The largest absolute Gasteiger partial charge is 0.509 e. The Morgan fingerprint density at radius 1 is 1.29 bits per heavy atom. The van der Waals surface area contributed by atoms with Crippen LogP contribution < -0.4 is 0 Å². The summed E-state index contributed by atoms with van der Waals surface area (Å²) in [6.07, 6.45) is 0.170. The van der Waals surface area contributed by atoms with E-state index in [1.54, 1.807) is 0 Å². The van der Waals surface area contributed by atoms with Crippen molar-refractivity contribution in [3.8, 4) is 0 Å². The van der Waals surface area contributed by atoms with Gasteiger partial charge in [-0.3, -0.25) is 0 Å². The Balaban J connectivity index is 1.88. The van der Waals surface area contributed by atoms with Crippen molar-refractivity contribution in [2.24, 2.45) is 0 Å². The van der Waals surface area contributed by atoms with Crippen molar-refractivity contribution >= 4 is 5.97 Å². The molecule has 0 aromatic rings. The number of ether oxygens (including phenoxy) is 3. The average Bonchev–Trinajstić information content (AvgIpc) is 2.81. The number of esters is 1. The van der Waals surface area contributed by atoms with Crippen molar-refractivity contribution in [3.05, 3.63) is 24.5 Å². The molecule has 6 nitrogen and oxygen atoms in total. The van der Waals surface area contributed by atoms with Gasteiger partial charge in [0, 0.05) is 6.08 Å². The van der Waals surface area contributed by atoms with Gasteiger partial charge in [-0.2, -0.15) is 0 Å². The molecule has 2 saturated heterocycles. The van der Waals surface area contributed by atoms with Crippen molar-refractivity contribution in [2.45, 2.75) is 24.4 Å². The molecule has 0 amide bonds. The standard InChI is InChI=1S/C11H14O6/c1-6(12)2-3-9(14)17-8-5-16-10-7(13)4-15-11(8)10/h2-3,7-8,10-13H,1,4-5H2/t7-,8+,10-,11-/m1/s1. The van der Waals surface area contributed by atoms with Gasteiger partial charge in [-0.1, -0.05) is 6.58 Å². The smallest absolute Gasteiger partial charge is 0.331 e. The van der Waals surface area contributed by atoms with E-state index in [2.05, 4.69) is 6.58 Å². The lowest BCUT2D eigenvalue weighted by Crippen LogP contribution is -2.33. The van der Waals surface area contributed by atoms with Gasteiger partial charge < -0.3 is 24.4 Å². The van der Waals surface area contributed by atoms with Crippen LogP contribution in [-0.2, 0) is 19.0 Å². The van der Waals surface area contributed by atoms with Gasteiger partial charge in [-0.15, -0.1) is 0 Å². The zero-order chi connectivity index (χ0) is 12.4. The molecule has 0 bridgehead atoms. The number of fused-ring (bicyclic) bond motifs is 1. The molecule has 2 aliphatic heterocycles. The van der Waals surface area contributed by atoms with Crippen molar-refractivity contribution in [1.29, 1.82) is 0 Å². The lowest BCUT2D eigenvalue weighted by atomic mass is 10.1. The molecule has 94 valence electrons. The maximum absolute atomic E-state index is 11.3. The fourth-order valence-electron chi connectivity index (χ4n) is 1.90. The van der Waals surface area contributed by atoms with Crippen molar-refractivity contribution < 1.29 is 29.2 Å². The van der Waals surface area contributed by atoms with Gasteiger partial charge in [0.2, 0.25) is 0 Å². The van der Waals surface area contributed by atoms with Crippen LogP contribution in [0.4, 0.5) is 0 Å². The second-order valence-corrected chi connectivity index (χ2v) is 3.96. The quantitative estimate of drug-likeness (QED) is 0.305. The van der Waals surface area contributed by atoms with Crippen LogP contribution in [0.15, 0.2) is 24.5 Å². The second-order valence-electron chi connectivity index (χ2n) is 3.96. The summed E-state index contributed by atoms with van der Waals surface area (Å²) in [4.78, 5) is 11.3. The minimum atomic E-state index is -0.670. The minimum absolute atomic E-state index is 0.187. The van der Waals surface area contributed by atoms with Gasteiger partial charge >= 0.3 is 5.97 Å². The Bertz CT molecular complexity index is 350. The first-order valence-electron chi connectivity index (χ1n) is 5.26. The number of hydrogen-bond acceptors (Lipinski definition) is 6. The zero-order valence-electron chi connectivity index (χ0n) is 9.11. The van der Waals surface area contributed by atoms with Gasteiger partial charge in [-0.05, 0) is 6.08 Å². The van der Waals surface area contributed by atoms with Crippen molar-refractivity contribution in [2.75, 3.05) is 13.2 Å². The summed E-state index contributed by atoms with van der Waals surface area (Å²) >= 11 is 0. The molecular weight excluding hydrogens is 228 g/mol. The monoisotopic (exact) mass is 242 g/mol. The molecule has 17 heavy (non-hydrogen) atoms. The Labute approximate surface area is 98.1 Å². The highest BCUT2D eigenvalue weighted by Crippen LogP contribution is 2.28. The lowest BCUT2D eigenvalue weighted by Gasteiger charge is -2.15. The molecular formula is C11H14O6. The normalized spacial score (nSPS) is 36.1. The average molecular weight is 242 g/mol. The molecule has 0 saturated carbocycles. The summed E-state index contributed by atoms with van der Waals surface area (Å²) in [5, 5.41) is 18.3. The first-order valence-corrected chi connectivity index (χ1v) is 5.26. The molecule has 2 heterocycles. The highest BCUT2D eigenvalue weighted by molar-refractivity contribution is 5.82. The van der Waals surface area contributed by atoms with E-state index in [1.165, 1.54) is 0 Å². The number of rotatable bonds is 3. The Hall–Kier alpha value is -1.37. The minimum Gasteiger partial charge on any atom is -0.509 e. The summed E-state index contributed by atoms with van der Waals surface area (Å²) in [7, 11) is 0. The molecule has 0 aromatic carbocycles. The summed E-state index contributed by atoms with van der Waals surface area (Å²) in [5.41, 5.74) is 0. The molecule has 2 aliphatic rings. The number of aliphatic hydroxyl groups is 2. The molecule has 4 atom stereocenters. The van der Waals surface area contributed by atoms with E-state index in [9.17, 15) is 9.90 Å². The molecule has 0 aromatic heterocycles. The topological polar surface area (TPSA) is 85.2 Å². The van der Waals surface area contributed by atoms with Crippen LogP contribution in [0.5, 0.6) is 0 Å². The van der Waals surface area contributed by atoms with E-state index in [-0.39, 0.29) is 19.0 Å². The third-order valence-corrected chi connectivity index (χ3v) is 2.66. The Morgan fingerprint density at radius 3 is 2.71 bits per heavy atom. The van der Waals surface area contributed by atoms with Crippen LogP contribution in [-0.4, -0.2) is 53.8 Å². The van der Waals surface area contributed by atoms with Crippen LogP contribution in [0.3, 0.4) is 0 Å². The summed E-state index contributed by atoms with van der Waals surface area (Å²) in [6, 6.07) is 0. The van der Waals surface area contributed by atoms with E-state index < -0.39 is 30.4 Å². The number of carbonyl (C=O) groups excluding carboxylic acids is 1. The Morgan fingerprint density at radius 2 is 2.00 bits per heavy atom. The van der Waals surface area contributed by atoms with Gasteiger partial charge in [0.15, 0.2) is 6.10 Å². The Kier molecular flexibility index (Phi) is 3.46. The third kappa shape index (κ3) is 2.66. The molecule has 6 heteroatoms. The molecule has 0 aliphatic carbocycles. The number of allylic oxidation sites excluding steroid dienone is 1. The second kappa shape index (κ2) is 4.87. The molecule has 0 unspecified atom stereocenters. The van der Waals surface area contributed by atoms with E-state index in [1.807, 2.05) is 0 Å². The van der Waals surface area contributed by atoms with E-state index in [0.29, 0.717) is 0 Å². The predicted octanol–water partition coefficient (Wildman–Crippen LogP) is -0.315. The highest BCUT2D eigenvalue weighted by atomic mass is 16.6. The van der Waals surface area contributed by atoms with Gasteiger partial charge in [0.25, 0.3) is 0 Å². The molecule has 2 fully saturated rings. The number of aliphatic hydroxyl groups excluding tert-OH is 2. The lowest BCUT2D eigenvalue weighted by molar-refractivity contribution is -0.147. The first kappa shape index (κ1) is 12.1.